The lowest BCUT2D eigenvalue weighted by atomic mass is 9.75. The molecule has 0 aliphatic rings. The number of carbonyl (C=O) groups excluding carboxylic acids is 1. The molecule has 5 nitrogen and oxygen atoms in total. The van der Waals surface area contributed by atoms with Gasteiger partial charge in [0.15, 0.2) is 0 Å². The van der Waals surface area contributed by atoms with E-state index in [1.807, 2.05) is 66.7 Å². The molecule has 0 fully saturated rings. The Morgan fingerprint density at radius 2 is 1.54 bits per heavy atom. The zero-order chi connectivity index (χ0) is 19.2. The predicted octanol–water partition coefficient (Wildman–Crippen LogP) is 3.11. The quantitative estimate of drug-likeness (QED) is 0.803. The van der Waals surface area contributed by atoms with Crippen molar-refractivity contribution >= 4 is 11.9 Å². The number of hydrogen-bond donors (Lipinski definition) is 2. The molecule has 0 unspecified atom stereocenters. The molecule has 0 aliphatic heterocycles. The fourth-order valence-electron chi connectivity index (χ4n) is 2.97. The van der Waals surface area contributed by atoms with E-state index in [1.165, 1.54) is 0 Å². The Kier molecular flexibility index (Phi) is 6.13. The van der Waals surface area contributed by atoms with Crippen LogP contribution in [0.2, 0.25) is 0 Å². The van der Waals surface area contributed by atoms with Crippen molar-refractivity contribution in [2.45, 2.75) is 31.7 Å². The van der Waals surface area contributed by atoms with E-state index in [4.69, 9.17) is 5.26 Å². The zero-order valence-electron chi connectivity index (χ0n) is 14.8. The van der Waals surface area contributed by atoms with Crippen LogP contribution in [0.15, 0.2) is 60.7 Å². The van der Waals surface area contributed by atoms with Crippen molar-refractivity contribution in [1.82, 2.24) is 5.32 Å². The summed E-state index contributed by atoms with van der Waals surface area (Å²) in [5.74, 6) is -2.06. The first-order chi connectivity index (χ1) is 12.4. The van der Waals surface area contributed by atoms with Gasteiger partial charge < -0.3 is 10.4 Å². The molecule has 0 saturated heterocycles. The molecule has 0 aromatic heterocycles. The van der Waals surface area contributed by atoms with Gasteiger partial charge in [-0.1, -0.05) is 67.6 Å². The van der Waals surface area contributed by atoms with Crippen LogP contribution in [0, 0.1) is 17.2 Å². The van der Waals surface area contributed by atoms with Crippen LogP contribution in [0.1, 0.15) is 31.4 Å². The highest BCUT2D eigenvalue weighted by molar-refractivity contribution is 5.94. The maximum absolute atomic E-state index is 13.2. The molecule has 134 valence electrons. The maximum Gasteiger partial charge on any atom is 0.326 e. The number of hydrogen-bond acceptors (Lipinski definition) is 3. The zero-order valence-corrected chi connectivity index (χ0v) is 14.8. The summed E-state index contributed by atoms with van der Waals surface area (Å²) >= 11 is 0. The van der Waals surface area contributed by atoms with Gasteiger partial charge >= 0.3 is 5.97 Å². The topological polar surface area (TPSA) is 90.2 Å². The van der Waals surface area contributed by atoms with E-state index in [2.05, 4.69) is 5.32 Å². The van der Waals surface area contributed by atoms with Gasteiger partial charge in [-0.3, -0.25) is 4.79 Å². The molecule has 0 aliphatic carbocycles. The van der Waals surface area contributed by atoms with Crippen molar-refractivity contribution in [2.75, 3.05) is 0 Å². The van der Waals surface area contributed by atoms with Crippen LogP contribution in [-0.4, -0.2) is 23.0 Å². The van der Waals surface area contributed by atoms with E-state index in [1.54, 1.807) is 13.8 Å². The molecular formula is C21H22N2O3. The van der Waals surface area contributed by atoms with Crippen molar-refractivity contribution in [1.29, 1.82) is 5.26 Å². The Hall–Kier alpha value is -3.13. The number of rotatable bonds is 7. The van der Waals surface area contributed by atoms with E-state index in [9.17, 15) is 14.7 Å². The first-order valence-electron chi connectivity index (χ1n) is 8.43. The van der Waals surface area contributed by atoms with Crippen molar-refractivity contribution in [2.24, 2.45) is 5.92 Å². The van der Waals surface area contributed by atoms with Gasteiger partial charge in [0.2, 0.25) is 5.91 Å². The van der Waals surface area contributed by atoms with Crippen molar-refractivity contribution in [3.63, 3.8) is 0 Å². The molecule has 0 radical (unpaired) electrons. The lowest BCUT2D eigenvalue weighted by Crippen LogP contribution is -2.52. The number of carboxylic acids is 1. The minimum Gasteiger partial charge on any atom is -0.480 e. The number of carbonyl (C=O) groups is 2. The first kappa shape index (κ1) is 19.2. The number of nitrogens with zero attached hydrogens (tertiary/aromatic N) is 1. The Labute approximate surface area is 153 Å². The van der Waals surface area contributed by atoms with Crippen molar-refractivity contribution in [3.8, 4) is 6.07 Å². The minimum atomic E-state index is -1.15. The van der Waals surface area contributed by atoms with Gasteiger partial charge in [-0.05, 0) is 18.1 Å². The molecule has 0 saturated carbocycles. The smallest absolute Gasteiger partial charge is 0.326 e. The number of benzene rings is 2. The van der Waals surface area contributed by atoms with Gasteiger partial charge in [-0.2, -0.15) is 5.26 Å². The minimum absolute atomic E-state index is 0.0463. The predicted molar refractivity (Wildman–Crippen MR) is 98.3 cm³/mol. The number of amides is 1. The fraction of sp³-hybridized carbons (Fsp3) is 0.286. The number of nitrogens with one attached hydrogen (secondary N) is 1. The van der Waals surface area contributed by atoms with Crippen molar-refractivity contribution in [3.05, 3.63) is 71.8 Å². The summed E-state index contributed by atoms with van der Waals surface area (Å²) in [5.41, 5.74) is 0.476. The summed E-state index contributed by atoms with van der Waals surface area (Å²) in [6.45, 7) is 3.42. The average Bonchev–Trinajstić information content (AvgIpc) is 2.66. The average molecular weight is 350 g/mol. The van der Waals surface area contributed by atoms with Gasteiger partial charge in [0, 0.05) is 12.3 Å². The number of nitriles is 1. The van der Waals surface area contributed by atoms with Crippen LogP contribution in [-0.2, 0) is 15.0 Å². The SMILES string of the molecule is C[C@H](CC#N)[C@H](NC(=O)C(C)(c1ccccc1)c1ccccc1)C(=O)O. The van der Waals surface area contributed by atoms with E-state index in [-0.39, 0.29) is 6.42 Å². The molecule has 2 aromatic rings. The highest BCUT2D eigenvalue weighted by Crippen LogP contribution is 2.32. The third-order valence-corrected chi connectivity index (χ3v) is 4.69. The van der Waals surface area contributed by atoms with Crippen molar-refractivity contribution < 1.29 is 14.7 Å². The summed E-state index contributed by atoms with van der Waals surface area (Å²) in [5, 5.41) is 21.0. The largest absolute Gasteiger partial charge is 0.480 e. The van der Waals surface area contributed by atoms with Gasteiger partial charge in [-0.25, -0.2) is 4.79 Å². The normalized spacial score (nSPS) is 13.3. The number of carboxylic acid groups (broad SMARTS) is 1. The number of aliphatic carboxylic acids is 1. The second kappa shape index (κ2) is 8.30. The van der Waals surface area contributed by atoms with Crippen LogP contribution in [0.5, 0.6) is 0 Å². The Bertz CT molecular complexity index is 758. The van der Waals surface area contributed by atoms with Crippen LogP contribution in [0.3, 0.4) is 0 Å². The standard InChI is InChI=1S/C21H22N2O3/c1-15(13-14-22)18(19(24)25)23-20(26)21(2,16-9-5-3-6-10-16)17-11-7-4-8-12-17/h3-12,15,18H,13H2,1-2H3,(H,23,26)(H,24,25)/t15-,18+/m1/s1. The van der Waals surface area contributed by atoms with E-state index in [0.717, 1.165) is 11.1 Å². The van der Waals surface area contributed by atoms with Crippen LogP contribution < -0.4 is 5.32 Å². The molecular weight excluding hydrogens is 328 g/mol. The third-order valence-electron chi connectivity index (χ3n) is 4.69. The molecule has 2 N–H and O–H groups in total. The molecule has 2 rings (SSSR count). The lowest BCUT2D eigenvalue weighted by molar-refractivity contribution is -0.143. The first-order valence-corrected chi connectivity index (χ1v) is 8.43. The third kappa shape index (κ3) is 3.92. The second-order valence-corrected chi connectivity index (χ2v) is 6.49. The Morgan fingerprint density at radius 3 is 1.92 bits per heavy atom. The molecule has 0 heterocycles. The van der Waals surface area contributed by atoms with Crippen LogP contribution >= 0.6 is 0 Å². The highest BCUT2D eigenvalue weighted by Gasteiger charge is 2.39. The van der Waals surface area contributed by atoms with Crippen LogP contribution in [0.4, 0.5) is 0 Å². The second-order valence-electron chi connectivity index (χ2n) is 6.49. The van der Waals surface area contributed by atoms with E-state index in [0.29, 0.717) is 0 Å². The Morgan fingerprint density at radius 1 is 1.08 bits per heavy atom. The van der Waals surface area contributed by atoms with Gasteiger partial charge in [0.1, 0.15) is 6.04 Å². The molecule has 0 spiro atoms. The molecule has 5 heteroatoms. The van der Waals surface area contributed by atoms with Gasteiger partial charge in [-0.15, -0.1) is 0 Å². The fourth-order valence-corrected chi connectivity index (χ4v) is 2.97. The van der Waals surface area contributed by atoms with Crippen LogP contribution in [0.25, 0.3) is 0 Å². The summed E-state index contributed by atoms with van der Waals surface area (Å²) < 4.78 is 0. The summed E-state index contributed by atoms with van der Waals surface area (Å²) in [6.07, 6.45) is 0.0463. The highest BCUT2D eigenvalue weighted by atomic mass is 16.4. The lowest BCUT2D eigenvalue weighted by Gasteiger charge is -2.32. The van der Waals surface area contributed by atoms with E-state index < -0.39 is 29.3 Å². The monoisotopic (exact) mass is 350 g/mol. The molecule has 2 atom stereocenters. The van der Waals surface area contributed by atoms with Gasteiger partial charge in [0.05, 0.1) is 11.5 Å². The Balaban J connectivity index is 2.45. The summed E-state index contributed by atoms with van der Waals surface area (Å²) in [6, 6.07) is 19.3. The van der Waals surface area contributed by atoms with E-state index >= 15 is 0 Å². The maximum atomic E-state index is 13.2. The summed E-state index contributed by atoms with van der Waals surface area (Å²) in [4.78, 5) is 24.9. The molecule has 1 amide bonds. The molecule has 0 bridgehead atoms. The molecule has 2 aromatic carbocycles. The van der Waals surface area contributed by atoms with Gasteiger partial charge in [0.25, 0.3) is 0 Å². The molecule has 26 heavy (non-hydrogen) atoms. The summed E-state index contributed by atoms with van der Waals surface area (Å²) in [7, 11) is 0.